The van der Waals surface area contributed by atoms with Crippen molar-refractivity contribution in [1.82, 2.24) is 19.8 Å². The van der Waals surface area contributed by atoms with E-state index in [1.807, 2.05) is 0 Å². The fourth-order valence-corrected chi connectivity index (χ4v) is 9.23. The second-order valence-corrected chi connectivity index (χ2v) is 17.6. The third-order valence-corrected chi connectivity index (χ3v) is 12.6. The maximum absolute atomic E-state index is 13.2. The van der Waals surface area contributed by atoms with Crippen LogP contribution in [-0.4, -0.2) is 129 Å². The van der Waals surface area contributed by atoms with Crippen LogP contribution in [0.3, 0.4) is 0 Å². The highest BCUT2D eigenvalue weighted by Gasteiger charge is 2.44. The lowest BCUT2D eigenvalue weighted by atomic mass is 10.1. The predicted molar refractivity (Wildman–Crippen MR) is 205 cm³/mol. The zero-order valence-corrected chi connectivity index (χ0v) is 34.1. The minimum Gasteiger partial charge on any atom is -0.394 e. The number of amides is 3. The molecule has 24 heteroatoms. The first kappa shape index (κ1) is 45.5. The van der Waals surface area contributed by atoms with E-state index in [9.17, 15) is 48.0 Å². The van der Waals surface area contributed by atoms with Crippen molar-refractivity contribution in [2.24, 2.45) is 5.73 Å². The van der Waals surface area contributed by atoms with Crippen LogP contribution in [0.1, 0.15) is 77.4 Å². The third kappa shape index (κ3) is 14.9. The van der Waals surface area contributed by atoms with Crippen molar-refractivity contribution in [3.8, 4) is 0 Å². The molecule has 9 unspecified atom stereocenters. The molecular formula is C33H53N5O16P2S. The maximum atomic E-state index is 13.2. The number of aliphatic hydroxyl groups excluding tert-OH is 1. The number of imide groups is 1. The van der Waals surface area contributed by atoms with Gasteiger partial charge in [0.25, 0.3) is 5.56 Å². The van der Waals surface area contributed by atoms with E-state index in [2.05, 4.69) is 10.3 Å². The summed E-state index contributed by atoms with van der Waals surface area (Å²) < 4.78 is 66.7. The van der Waals surface area contributed by atoms with Gasteiger partial charge in [0.05, 0.1) is 38.1 Å². The second-order valence-electron chi connectivity index (χ2n) is 13.4. The number of phosphoric ester groups is 2. The molecule has 4 rings (SSSR count). The Balaban J connectivity index is 1.33. The van der Waals surface area contributed by atoms with Crippen molar-refractivity contribution < 1.29 is 67.3 Å². The number of ether oxygens (including phenoxy) is 2. The van der Waals surface area contributed by atoms with E-state index in [4.69, 9.17) is 34.7 Å². The number of H-pyrrole nitrogens is 1. The van der Waals surface area contributed by atoms with Crippen molar-refractivity contribution in [2.45, 2.75) is 100 Å². The number of unbranched alkanes of at least 4 members (excludes halogenated alkanes) is 4. The SMILES string of the molecule is [3H]C1CC(OP(=O)(O)OC2CC(n3cc(/C=C/C(=O)NCCCCN)c(=O)[nH]c3=O)OC2CCOP(=O)(O)OCCCCCCSC2CC(=O)N(C)C2=O)C(CO)O1. The molecule has 0 radical (unpaired) electrons. The van der Waals surface area contributed by atoms with Crippen LogP contribution in [0.2, 0.25) is 0 Å². The first-order valence-corrected chi connectivity index (χ1v) is 22.7. The van der Waals surface area contributed by atoms with Gasteiger partial charge in [0.2, 0.25) is 17.7 Å². The number of likely N-dealkylation sites (tertiary alicyclic amines) is 1. The minimum absolute atomic E-state index is 0.0921. The van der Waals surface area contributed by atoms with Crippen LogP contribution >= 0.6 is 27.4 Å². The Bertz CT molecular complexity index is 1800. The van der Waals surface area contributed by atoms with Gasteiger partial charge in [-0.1, -0.05) is 12.8 Å². The number of nitrogens with zero attached hydrogens (tertiary/aromatic N) is 2. The summed E-state index contributed by atoms with van der Waals surface area (Å²) in [6.07, 6.45) is 1.12. The Labute approximate surface area is 334 Å². The number of carbonyl (C=O) groups excluding carboxylic acids is 3. The predicted octanol–water partition coefficient (Wildman–Crippen LogP) is 0.919. The molecular weight excluding hydrogens is 816 g/mol. The Morgan fingerprint density at radius 3 is 2.53 bits per heavy atom. The maximum Gasteiger partial charge on any atom is 0.472 e. The van der Waals surface area contributed by atoms with Crippen molar-refractivity contribution in [3.05, 3.63) is 38.7 Å². The number of aliphatic hydroxyl groups is 1. The van der Waals surface area contributed by atoms with Crippen LogP contribution in [-0.2, 0) is 51.1 Å². The molecule has 1 aromatic rings. The van der Waals surface area contributed by atoms with Gasteiger partial charge in [0, 0.05) is 58.1 Å². The van der Waals surface area contributed by atoms with E-state index in [1.165, 1.54) is 24.9 Å². The number of aromatic nitrogens is 2. The molecule has 4 heterocycles. The van der Waals surface area contributed by atoms with Crippen molar-refractivity contribution in [1.29, 1.82) is 0 Å². The van der Waals surface area contributed by atoms with Gasteiger partial charge in [-0.05, 0) is 44.1 Å². The van der Waals surface area contributed by atoms with Gasteiger partial charge in [-0.25, -0.2) is 13.9 Å². The van der Waals surface area contributed by atoms with Crippen LogP contribution in [0.15, 0.2) is 21.9 Å². The number of rotatable bonds is 25. The number of hydrogen-bond donors (Lipinski definition) is 6. The topological polar surface area (TPSA) is 298 Å². The zero-order chi connectivity index (χ0) is 42.5. The van der Waals surface area contributed by atoms with Crippen molar-refractivity contribution >= 4 is 51.2 Å². The largest absolute Gasteiger partial charge is 0.472 e. The number of thioether (sulfide) groups is 1. The molecule has 3 amide bonds. The first-order valence-electron chi connectivity index (χ1n) is 19.2. The molecule has 1 aromatic heterocycles. The number of hydrogen-bond acceptors (Lipinski definition) is 16. The lowest BCUT2D eigenvalue weighted by molar-refractivity contribution is -0.136. The fraction of sp³-hybridized carbons (Fsp3) is 0.727. The summed E-state index contributed by atoms with van der Waals surface area (Å²) in [5.41, 5.74) is 3.65. The van der Waals surface area contributed by atoms with Crippen molar-refractivity contribution in [2.75, 3.05) is 52.3 Å². The van der Waals surface area contributed by atoms with Crippen LogP contribution in [0.5, 0.6) is 0 Å². The molecule has 0 saturated carbocycles. The summed E-state index contributed by atoms with van der Waals surface area (Å²) >= 11 is 1.43. The molecule has 9 atom stereocenters. The Hall–Kier alpha value is -2.56. The van der Waals surface area contributed by atoms with Gasteiger partial charge in [-0.2, -0.15) is 0 Å². The number of nitrogens with two attached hydrogens (primary N) is 1. The highest BCUT2D eigenvalue weighted by molar-refractivity contribution is 8.00. The molecule has 21 nitrogen and oxygen atoms in total. The van der Waals surface area contributed by atoms with Gasteiger partial charge in [-0.3, -0.25) is 51.7 Å². The number of carbonyl (C=O) groups is 3. The average Bonchev–Trinajstić information content (AvgIpc) is 3.79. The zero-order valence-electron chi connectivity index (χ0n) is 32.5. The molecule has 0 aliphatic carbocycles. The molecule has 0 spiro atoms. The normalized spacial score (nSPS) is 27.6. The highest BCUT2D eigenvalue weighted by Crippen LogP contribution is 2.51. The summed E-state index contributed by atoms with van der Waals surface area (Å²) in [7, 11) is -8.05. The molecule has 3 aliphatic rings. The summed E-state index contributed by atoms with van der Waals surface area (Å²) in [5.74, 6) is -0.197. The van der Waals surface area contributed by atoms with Crippen LogP contribution < -0.4 is 22.3 Å². The van der Waals surface area contributed by atoms with E-state index in [-0.39, 0.29) is 54.9 Å². The number of nitrogens with one attached hydrogen (secondary N) is 2. The second kappa shape index (κ2) is 22.7. The van der Waals surface area contributed by atoms with E-state index < -0.39 is 83.2 Å². The average molecular weight is 872 g/mol. The first-order chi connectivity index (χ1) is 27.5. The number of aromatic amines is 1. The van der Waals surface area contributed by atoms with Crippen LogP contribution in [0.25, 0.3) is 6.08 Å². The third-order valence-electron chi connectivity index (χ3n) is 9.17. The quantitative estimate of drug-likeness (QED) is 0.0345. The molecule has 3 fully saturated rings. The van der Waals surface area contributed by atoms with Gasteiger partial charge in [-0.15, -0.1) is 11.8 Å². The van der Waals surface area contributed by atoms with Crippen molar-refractivity contribution in [3.63, 3.8) is 0 Å². The molecule has 0 aromatic carbocycles. The summed E-state index contributed by atoms with van der Waals surface area (Å²) in [4.78, 5) is 85.7. The fourth-order valence-electron chi connectivity index (χ4n) is 6.07. The molecule has 0 bridgehead atoms. The van der Waals surface area contributed by atoms with Gasteiger partial charge < -0.3 is 35.4 Å². The lowest BCUT2D eigenvalue weighted by Crippen LogP contribution is -2.33. The highest BCUT2D eigenvalue weighted by atomic mass is 32.2. The molecule has 57 heavy (non-hydrogen) atoms. The molecule has 322 valence electrons. The van der Waals surface area contributed by atoms with Crippen LogP contribution in [0, 0.1) is 0 Å². The molecule has 7 N–H and O–H groups in total. The Morgan fingerprint density at radius 2 is 1.81 bits per heavy atom. The monoisotopic (exact) mass is 871 g/mol. The van der Waals surface area contributed by atoms with E-state index in [0.717, 1.165) is 34.6 Å². The molecule has 3 aliphatic heterocycles. The standard InChI is InChI=1S/C33H53N5O16P2S/c1-37-29(41)19-27(32(37)43)57-17-7-3-2-6-14-50-55(45,46)51-16-11-23-25(54-56(47,48)53-24-10-15-49-26(24)21-39)18-30(52-23)38-20-22(31(42)36-33(38)44)8-9-28(40)35-13-5-4-12-34/h8-9,20,23-27,30,39H,2-7,10-19,21,34H2,1H3,(H,35,40)(H,45,46)(H,47,48)(H,36,42,44)/b9-8+/i15T. The summed E-state index contributed by atoms with van der Waals surface area (Å²) in [5, 5.41) is 11.8. The van der Waals surface area contributed by atoms with E-state index in [0.29, 0.717) is 44.5 Å². The van der Waals surface area contributed by atoms with Gasteiger partial charge >= 0.3 is 21.3 Å². The van der Waals surface area contributed by atoms with E-state index in [1.54, 1.807) is 0 Å². The van der Waals surface area contributed by atoms with Gasteiger partial charge in [0.15, 0.2) is 0 Å². The Kier molecular flexibility index (Phi) is 18.1. The Morgan fingerprint density at radius 1 is 1.07 bits per heavy atom. The number of phosphoric acid groups is 2. The van der Waals surface area contributed by atoms with Crippen LogP contribution in [0.4, 0.5) is 0 Å². The summed E-state index contributed by atoms with van der Waals surface area (Å²) in [6.45, 7) is -1.43. The minimum atomic E-state index is -4.96. The van der Waals surface area contributed by atoms with Gasteiger partial charge in [0.1, 0.15) is 24.5 Å². The lowest BCUT2D eigenvalue weighted by Gasteiger charge is -2.24. The molecule has 3 saturated heterocycles. The smallest absolute Gasteiger partial charge is 0.394 e. The van der Waals surface area contributed by atoms with E-state index >= 15 is 0 Å². The summed E-state index contributed by atoms with van der Waals surface area (Å²) in [6, 6.07) is 0.